The lowest BCUT2D eigenvalue weighted by Crippen LogP contribution is -2.08. The molecule has 1 aromatic rings. The second kappa shape index (κ2) is 4.10. The molecule has 0 heterocycles. The van der Waals surface area contributed by atoms with E-state index in [9.17, 15) is 18.3 Å². The summed E-state index contributed by atoms with van der Waals surface area (Å²) in [6.45, 7) is 1.47. The van der Waals surface area contributed by atoms with Crippen molar-refractivity contribution in [2.75, 3.05) is 7.11 Å². The van der Waals surface area contributed by atoms with Crippen LogP contribution in [0.5, 0.6) is 5.75 Å². The summed E-state index contributed by atoms with van der Waals surface area (Å²) in [4.78, 5) is 0. The van der Waals surface area contributed by atoms with Crippen molar-refractivity contribution in [3.05, 3.63) is 29.3 Å². The fourth-order valence-electron chi connectivity index (χ4n) is 1.20. The Hall–Kier alpha value is -1.23. The van der Waals surface area contributed by atoms with Gasteiger partial charge in [0.1, 0.15) is 5.75 Å². The molecular weight excluding hydrogens is 209 g/mol. The number of rotatable bonds is 2. The Bertz CT molecular complexity index is 345. The van der Waals surface area contributed by atoms with Crippen LogP contribution in [0.2, 0.25) is 0 Å². The van der Waals surface area contributed by atoms with Crippen LogP contribution in [0.4, 0.5) is 13.2 Å². The van der Waals surface area contributed by atoms with Gasteiger partial charge in [-0.05, 0) is 24.6 Å². The molecule has 2 nitrogen and oxygen atoms in total. The fourth-order valence-corrected chi connectivity index (χ4v) is 1.20. The van der Waals surface area contributed by atoms with Crippen molar-refractivity contribution in [2.45, 2.75) is 19.2 Å². The van der Waals surface area contributed by atoms with E-state index in [1.54, 1.807) is 0 Å². The number of methoxy groups -OCH3 is 1. The second-order valence-corrected chi connectivity index (χ2v) is 3.13. The van der Waals surface area contributed by atoms with Crippen LogP contribution in [0.3, 0.4) is 0 Å². The van der Waals surface area contributed by atoms with E-state index in [0.717, 1.165) is 13.2 Å². The number of ether oxygens (including phenoxy) is 1. The minimum absolute atomic E-state index is 0.277. The molecule has 0 aromatic heterocycles. The highest BCUT2D eigenvalue weighted by Crippen LogP contribution is 2.37. The molecule has 1 aromatic carbocycles. The number of aliphatic hydroxyl groups excluding tert-OH is 1. The zero-order valence-electron chi connectivity index (χ0n) is 8.30. The van der Waals surface area contributed by atoms with Gasteiger partial charge in [0.2, 0.25) is 0 Å². The summed E-state index contributed by atoms with van der Waals surface area (Å²) in [5.74, 6) is -0.277. The average Bonchev–Trinajstić information content (AvgIpc) is 2.15. The summed E-state index contributed by atoms with van der Waals surface area (Å²) in [5.41, 5.74) is -0.450. The predicted molar refractivity (Wildman–Crippen MR) is 48.6 cm³/mol. The van der Waals surface area contributed by atoms with E-state index >= 15 is 0 Å². The van der Waals surface area contributed by atoms with Gasteiger partial charge < -0.3 is 9.84 Å². The van der Waals surface area contributed by atoms with Crippen LogP contribution in [0.25, 0.3) is 0 Å². The minimum atomic E-state index is -4.44. The van der Waals surface area contributed by atoms with E-state index < -0.39 is 17.8 Å². The molecule has 0 unspecified atom stereocenters. The summed E-state index contributed by atoms with van der Waals surface area (Å²) < 4.78 is 41.9. The van der Waals surface area contributed by atoms with E-state index in [-0.39, 0.29) is 5.75 Å². The Morgan fingerprint density at radius 1 is 1.33 bits per heavy atom. The zero-order valence-corrected chi connectivity index (χ0v) is 8.30. The quantitative estimate of drug-likeness (QED) is 0.830. The van der Waals surface area contributed by atoms with Crippen LogP contribution in [0.1, 0.15) is 24.2 Å². The molecule has 0 saturated carbocycles. The van der Waals surface area contributed by atoms with Crippen molar-refractivity contribution in [3.8, 4) is 5.75 Å². The van der Waals surface area contributed by atoms with E-state index in [1.807, 2.05) is 0 Å². The molecule has 0 radical (unpaired) electrons. The van der Waals surface area contributed by atoms with E-state index in [0.29, 0.717) is 5.56 Å². The maximum absolute atomic E-state index is 12.4. The number of hydrogen-bond donors (Lipinski definition) is 1. The Balaban J connectivity index is 3.21. The van der Waals surface area contributed by atoms with Gasteiger partial charge in [-0.3, -0.25) is 0 Å². The average molecular weight is 220 g/mol. The number of halogens is 3. The number of benzene rings is 1. The molecule has 5 heteroatoms. The molecule has 1 rings (SSSR count). The highest BCUT2D eigenvalue weighted by atomic mass is 19.4. The Morgan fingerprint density at radius 2 is 1.93 bits per heavy atom. The van der Waals surface area contributed by atoms with E-state index in [4.69, 9.17) is 0 Å². The molecule has 0 aliphatic rings. The number of alkyl halides is 3. The predicted octanol–water partition coefficient (Wildman–Crippen LogP) is 2.77. The molecular formula is C10H11F3O2. The van der Waals surface area contributed by atoms with E-state index in [2.05, 4.69) is 4.74 Å². The molecule has 0 amide bonds. The van der Waals surface area contributed by atoms with Crippen LogP contribution >= 0.6 is 0 Å². The lowest BCUT2D eigenvalue weighted by atomic mass is 10.1. The molecule has 1 N–H and O–H groups in total. The summed E-state index contributed by atoms with van der Waals surface area (Å²) in [5, 5.41) is 9.20. The molecule has 0 aliphatic heterocycles. The maximum Gasteiger partial charge on any atom is 0.419 e. The van der Waals surface area contributed by atoms with Crippen molar-refractivity contribution < 1.29 is 23.0 Å². The summed E-state index contributed by atoms with van der Waals surface area (Å²) in [6, 6.07) is 3.32. The third-order valence-corrected chi connectivity index (χ3v) is 2.01. The molecule has 0 fully saturated rings. The molecule has 0 saturated heterocycles. The van der Waals surface area contributed by atoms with Crippen LogP contribution in [-0.4, -0.2) is 12.2 Å². The third-order valence-electron chi connectivity index (χ3n) is 2.01. The van der Waals surface area contributed by atoms with Crippen molar-refractivity contribution in [2.24, 2.45) is 0 Å². The molecule has 15 heavy (non-hydrogen) atoms. The van der Waals surface area contributed by atoms with Gasteiger partial charge in [0, 0.05) is 0 Å². The Kier molecular flexibility index (Phi) is 3.24. The summed E-state index contributed by atoms with van der Waals surface area (Å²) in [7, 11) is 1.16. The van der Waals surface area contributed by atoms with Crippen LogP contribution in [-0.2, 0) is 6.18 Å². The van der Waals surface area contributed by atoms with Gasteiger partial charge in [0.25, 0.3) is 0 Å². The normalized spacial score (nSPS) is 13.7. The fraction of sp³-hybridized carbons (Fsp3) is 0.400. The Labute approximate surface area is 85.3 Å². The van der Waals surface area contributed by atoms with Crippen molar-refractivity contribution in [1.29, 1.82) is 0 Å². The van der Waals surface area contributed by atoms with Gasteiger partial charge in [-0.1, -0.05) is 6.07 Å². The van der Waals surface area contributed by atoms with Crippen molar-refractivity contribution in [3.63, 3.8) is 0 Å². The van der Waals surface area contributed by atoms with E-state index in [1.165, 1.54) is 19.1 Å². The lowest BCUT2D eigenvalue weighted by molar-refractivity contribution is -0.138. The van der Waals surface area contributed by atoms with Gasteiger partial charge in [0.05, 0.1) is 18.8 Å². The number of aliphatic hydroxyl groups is 1. The molecule has 1 atom stereocenters. The van der Waals surface area contributed by atoms with Crippen LogP contribution in [0.15, 0.2) is 18.2 Å². The smallest absolute Gasteiger partial charge is 0.419 e. The molecule has 0 bridgehead atoms. The summed E-state index contributed by atoms with van der Waals surface area (Å²) in [6.07, 6.45) is -5.26. The van der Waals surface area contributed by atoms with Gasteiger partial charge in [0.15, 0.2) is 0 Å². The maximum atomic E-state index is 12.4. The molecule has 0 aliphatic carbocycles. The molecule has 84 valence electrons. The first-order valence-corrected chi connectivity index (χ1v) is 4.29. The highest BCUT2D eigenvalue weighted by Gasteiger charge is 2.34. The number of hydrogen-bond acceptors (Lipinski definition) is 2. The van der Waals surface area contributed by atoms with Gasteiger partial charge in [-0.15, -0.1) is 0 Å². The Morgan fingerprint density at radius 3 is 2.33 bits per heavy atom. The van der Waals surface area contributed by atoms with Crippen molar-refractivity contribution in [1.82, 2.24) is 0 Å². The lowest BCUT2D eigenvalue weighted by Gasteiger charge is -2.14. The monoisotopic (exact) mass is 220 g/mol. The SMILES string of the molecule is COc1cc([C@H](C)O)ccc1C(F)(F)F. The van der Waals surface area contributed by atoms with Gasteiger partial charge in [-0.2, -0.15) is 13.2 Å². The van der Waals surface area contributed by atoms with Crippen LogP contribution < -0.4 is 4.74 Å². The van der Waals surface area contributed by atoms with Crippen molar-refractivity contribution >= 4 is 0 Å². The second-order valence-electron chi connectivity index (χ2n) is 3.13. The standard InChI is InChI=1S/C10H11F3O2/c1-6(14)7-3-4-8(10(11,12)13)9(5-7)15-2/h3-6,14H,1-2H3/t6-/m0/s1. The largest absolute Gasteiger partial charge is 0.496 e. The van der Waals surface area contributed by atoms with Crippen LogP contribution in [0, 0.1) is 0 Å². The first kappa shape index (κ1) is 11.8. The highest BCUT2D eigenvalue weighted by molar-refractivity contribution is 5.40. The third kappa shape index (κ3) is 2.62. The minimum Gasteiger partial charge on any atom is -0.496 e. The summed E-state index contributed by atoms with van der Waals surface area (Å²) >= 11 is 0. The zero-order chi connectivity index (χ0) is 11.6. The van der Waals surface area contributed by atoms with Gasteiger partial charge >= 0.3 is 6.18 Å². The first-order chi connectivity index (χ1) is 6.86. The first-order valence-electron chi connectivity index (χ1n) is 4.29. The van der Waals surface area contributed by atoms with Gasteiger partial charge in [-0.25, -0.2) is 0 Å². The molecule has 0 spiro atoms. The topological polar surface area (TPSA) is 29.5 Å².